The predicted molar refractivity (Wildman–Crippen MR) is 168 cm³/mol. The Bertz CT molecular complexity index is 1840. The van der Waals surface area contributed by atoms with Crippen molar-refractivity contribution in [3.8, 4) is 5.75 Å². The van der Waals surface area contributed by atoms with E-state index in [0.717, 1.165) is 76.0 Å². The van der Waals surface area contributed by atoms with Gasteiger partial charge in [-0.2, -0.15) is 0 Å². The number of carbonyl (C=O) groups is 1. The molecule has 1 unspecified atom stereocenters. The van der Waals surface area contributed by atoms with E-state index in [0.29, 0.717) is 0 Å². The van der Waals surface area contributed by atoms with Crippen molar-refractivity contribution in [2.45, 2.75) is 66.2 Å². The number of benzene rings is 3. The lowest BCUT2D eigenvalue weighted by Crippen LogP contribution is -2.33. The van der Waals surface area contributed by atoms with Crippen LogP contribution in [0, 0.1) is 19.3 Å². The Balaban J connectivity index is 1.42. The molecule has 2 atom stereocenters. The zero-order valence-electron chi connectivity index (χ0n) is 25.8. The molecule has 8 heteroatoms. The summed E-state index contributed by atoms with van der Waals surface area (Å²) in [5.41, 5.74) is 8.03. The Morgan fingerprint density at radius 1 is 1.14 bits per heavy atom. The summed E-state index contributed by atoms with van der Waals surface area (Å²) in [4.78, 5) is 19.8. The first-order chi connectivity index (χ1) is 20.6. The Hall–Kier alpha value is -4.30. The second-order valence-corrected chi connectivity index (χ2v) is 12.4. The van der Waals surface area contributed by atoms with E-state index in [2.05, 4.69) is 64.4 Å². The third kappa shape index (κ3) is 5.14. The van der Waals surface area contributed by atoms with Crippen LogP contribution in [0.2, 0.25) is 0 Å². The molecule has 0 fully saturated rings. The van der Waals surface area contributed by atoms with E-state index in [1.165, 1.54) is 11.1 Å². The third-order valence-electron chi connectivity index (χ3n) is 9.20. The number of hydrogen-bond acceptors (Lipinski definition) is 6. The molecule has 222 valence electrons. The molecule has 1 aliphatic rings. The second-order valence-electron chi connectivity index (χ2n) is 12.4. The highest BCUT2D eigenvalue weighted by atomic mass is 16.5. The van der Waals surface area contributed by atoms with E-state index in [-0.39, 0.29) is 12.0 Å². The summed E-state index contributed by atoms with van der Waals surface area (Å²) < 4.78 is 8.22. The molecule has 0 radical (unpaired) electrons. The molecule has 0 bridgehead atoms. The molecule has 6 rings (SSSR count). The smallest absolute Gasteiger partial charge is 0.310 e. The highest BCUT2D eigenvalue weighted by Gasteiger charge is 2.40. The monoisotopic (exact) mass is 577 g/mol. The van der Waals surface area contributed by atoms with Gasteiger partial charge in [-0.15, -0.1) is 5.10 Å². The first-order valence-corrected chi connectivity index (χ1v) is 15.0. The molecule has 0 amide bonds. The van der Waals surface area contributed by atoms with Gasteiger partial charge in [0.05, 0.1) is 22.6 Å². The third-order valence-corrected chi connectivity index (χ3v) is 9.20. The molecule has 8 nitrogen and oxygen atoms in total. The number of aliphatic carboxylic acids is 1. The van der Waals surface area contributed by atoms with Crippen molar-refractivity contribution in [2.24, 2.45) is 12.5 Å². The second kappa shape index (κ2) is 11.1. The summed E-state index contributed by atoms with van der Waals surface area (Å²) in [5, 5.41) is 20.2. The molecule has 3 aromatic carbocycles. The Morgan fingerprint density at radius 2 is 1.93 bits per heavy atom. The number of fused-ring (bicyclic) bond motifs is 4. The number of rotatable bonds is 7. The number of pyridine rings is 1. The maximum atomic E-state index is 12.7. The van der Waals surface area contributed by atoms with Crippen molar-refractivity contribution in [1.82, 2.24) is 24.9 Å². The van der Waals surface area contributed by atoms with Crippen LogP contribution in [-0.2, 0) is 24.9 Å². The minimum atomic E-state index is -1.07. The SMILES string of the molecule is CC[C@@H]1CN(Cc2cc(C(c3ccc4c(nnn4C)c3C)C(C)(C)C(=O)O)ccc2C)Cc2c(cnc3ccccc23)O1. The van der Waals surface area contributed by atoms with Gasteiger partial charge in [-0.3, -0.25) is 14.7 Å². The van der Waals surface area contributed by atoms with E-state index in [4.69, 9.17) is 4.74 Å². The largest absolute Gasteiger partial charge is 0.487 e. The summed E-state index contributed by atoms with van der Waals surface area (Å²) in [5.74, 6) is -0.371. The predicted octanol–water partition coefficient (Wildman–Crippen LogP) is 6.55. The van der Waals surface area contributed by atoms with Crippen molar-refractivity contribution < 1.29 is 14.6 Å². The topological polar surface area (TPSA) is 93.4 Å². The number of aromatic nitrogens is 4. The van der Waals surface area contributed by atoms with E-state index in [1.54, 1.807) is 4.68 Å². The summed E-state index contributed by atoms with van der Waals surface area (Å²) >= 11 is 0. The van der Waals surface area contributed by atoms with Gasteiger partial charge >= 0.3 is 5.97 Å². The standard InChI is InChI=1S/C35H39N5O3/c1-7-25-19-40(20-28-27-10-8-9-11-29(27)36-17-31(28)43-25)18-24-16-23(13-12-21(24)2)32(35(4,5)34(41)42)26-14-15-30-33(22(26)3)37-38-39(30)6/h8-17,25,32H,7,18-20H2,1-6H3,(H,41,42)/t25-,32?/m1/s1. The average Bonchev–Trinajstić information content (AvgIpc) is 3.26. The zero-order valence-corrected chi connectivity index (χ0v) is 25.8. The Morgan fingerprint density at radius 3 is 2.70 bits per heavy atom. The van der Waals surface area contributed by atoms with Crippen LogP contribution in [-0.4, -0.2) is 48.6 Å². The molecule has 0 aliphatic carbocycles. The highest BCUT2D eigenvalue weighted by Crippen LogP contribution is 2.44. The number of hydrogen-bond donors (Lipinski definition) is 1. The fourth-order valence-electron chi connectivity index (χ4n) is 6.52. The van der Waals surface area contributed by atoms with E-state index in [1.807, 2.05) is 58.3 Å². The van der Waals surface area contributed by atoms with Gasteiger partial charge in [-0.1, -0.05) is 54.6 Å². The minimum Gasteiger partial charge on any atom is -0.487 e. The summed E-state index contributed by atoms with van der Waals surface area (Å²) in [6.07, 6.45) is 2.80. The van der Waals surface area contributed by atoms with E-state index in [9.17, 15) is 9.90 Å². The first-order valence-electron chi connectivity index (χ1n) is 15.0. The van der Waals surface area contributed by atoms with E-state index < -0.39 is 11.4 Å². The summed E-state index contributed by atoms with van der Waals surface area (Å²) in [6, 6.07) is 18.7. The van der Waals surface area contributed by atoms with Gasteiger partial charge in [0.2, 0.25) is 0 Å². The van der Waals surface area contributed by atoms with Gasteiger partial charge in [0.25, 0.3) is 0 Å². The molecule has 3 heterocycles. The number of ether oxygens (including phenoxy) is 1. The number of para-hydroxylation sites is 1. The molecule has 0 spiro atoms. The van der Waals surface area contributed by atoms with Gasteiger partial charge in [0, 0.05) is 43.5 Å². The van der Waals surface area contributed by atoms with Crippen LogP contribution < -0.4 is 4.74 Å². The van der Waals surface area contributed by atoms with Crippen LogP contribution in [0.5, 0.6) is 5.75 Å². The van der Waals surface area contributed by atoms with Gasteiger partial charge in [-0.05, 0) is 74.1 Å². The lowest BCUT2D eigenvalue weighted by molar-refractivity contribution is -0.147. The Labute approximate surface area is 252 Å². The maximum Gasteiger partial charge on any atom is 0.310 e. The van der Waals surface area contributed by atoms with E-state index >= 15 is 0 Å². The fraction of sp³-hybridized carbons (Fsp3) is 0.371. The molecule has 43 heavy (non-hydrogen) atoms. The van der Waals surface area contributed by atoms with Gasteiger partial charge in [-0.25, -0.2) is 4.68 Å². The molecule has 0 saturated heterocycles. The minimum absolute atomic E-state index is 0.0488. The molecule has 5 aromatic rings. The van der Waals surface area contributed by atoms with Crippen molar-refractivity contribution in [1.29, 1.82) is 0 Å². The average molecular weight is 578 g/mol. The van der Waals surface area contributed by atoms with Crippen LogP contribution in [0.3, 0.4) is 0 Å². The van der Waals surface area contributed by atoms with Crippen LogP contribution in [0.25, 0.3) is 21.9 Å². The number of aryl methyl sites for hydroxylation is 3. The number of carboxylic acids is 1. The van der Waals surface area contributed by atoms with Gasteiger partial charge in [0.1, 0.15) is 17.4 Å². The first kappa shape index (κ1) is 28.8. The van der Waals surface area contributed by atoms with Crippen molar-refractivity contribution in [3.05, 3.63) is 94.2 Å². The Kier molecular flexibility index (Phi) is 7.42. The molecular weight excluding hydrogens is 538 g/mol. The van der Waals surface area contributed by atoms with Crippen LogP contribution in [0.4, 0.5) is 0 Å². The summed E-state index contributed by atoms with van der Waals surface area (Å²) in [7, 11) is 1.87. The molecule has 0 saturated carbocycles. The molecule has 1 N–H and O–H groups in total. The maximum absolute atomic E-state index is 12.7. The van der Waals surface area contributed by atoms with Crippen molar-refractivity contribution in [2.75, 3.05) is 6.54 Å². The normalized spacial score (nSPS) is 16.6. The number of carboxylic acid groups (broad SMARTS) is 1. The van der Waals surface area contributed by atoms with Crippen LogP contribution in [0.1, 0.15) is 66.5 Å². The van der Waals surface area contributed by atoms with Gasteiger partial charge < -0.3 is 9.84 Å². The molecular formula is C35H39N5O3. The number of nitrogens with zero attached hydrogens (tertiary/aromatic N) is 5. The lowest BCUT2D eigenvalue weighted by Gasteiger charge is -2.33. The fourth-order valence-corrected chi connectivity index (χ4v) is 6.52. The van der Waals surface area contributed by atoms with Crippen molar-refractivity contribution >= 4 is 27.9 Å². The quantitative estimate of drug-likeness (QED) is 0.234. The van der Waals surface area contributed by atoms with Gasteiger partial charge in [0.15, 0.2) is 0 Å². The molecule has 2 aromatic heterocycles. The highest BCUT2D eigenvalue weighted by molar-refractivity contribution is 5.84. The van der Waals surface area contributed by atoms with Crippen LogP contribution >= 0.6 is 0 Å². The lowest BCUT2D eigenvalue weighted by atomic mass is 9.69. The zero-order chi connectivity index (χ0) is 30.5. The summed E-state index contributed by atoms with van der Waals surface area (Å²) in [6.45, 7) is 12.2. The molecule has 1 aliphatic heterocycles. The van der Waals surface area contributed by atoms with Crippen molar-refractivity contribution in [3.63, 3.8) is 0 Å². The van der Waals surface area contributed by atoms with Crippen LogP contribution in [0.15, 0.2) is 60.8 Å².